The zero-order valence-corrected chi connectivity index (χ0v) is 8.95. The van der Waals surface area contributed by atoms with Crippen LogP contribution in [0.25, 0.3) is 0 Å². The van der Waals surface area contributed by atoms with Gasteiger partial charge in [-0.2, -0.15) is 0 Å². The van der Waals surface area contributed by atoms with Crippen molar-refractivity contribution in [3.05, 3.63) is 0 Å². The number of aliphatic carboxylic acids is 1. The summed E-state index contributed by atoms with van der Waals surface area (Å²) in [4.78, 5) is 35.0. The Hall–Kier alpha value is -1.39. The van der Waals surface area contributed by atoms with Gasteiger partial charge in [0.1, 0.15) is 11.2 Å². The number of piperidine rings is 1. The number of rotatable bonds is 2. The second kappa shape index (κ2) is 4.00. The molecule has 0 atom stereocenters. The second-order valence-electron chi connectivity index (χ2n) is 3.95. The fourth-order valence-electron chi connectivity index (χ4n) is 1.92. The minimum absolute atomic E-state index is 0.0717. The maximum Gasteiger partial charge on any atom is 0.317 e. The lowest BCUT2D eigenvalue weighted by Crippen LogP contribution is -2.49. The molecular formula is C10H15NO4. The molecule has 0 aromatic heterocycles. The highest BCUT2D eigenvalue weighted by Crippen LogP contribution is 2.32. The molecular weight excluding hydrogens is 198 g/mol. The summed E-state index contributed by atoms with van der Waals surface area (Å²) in [5.41, 5.74) is -1.27. The van der Waals surface area contributed by atoms with E-state index in [9.17, 15) is 14.4 Å². The van der Waals surface area contributed by atoms with Crippen LogP contribution >= 0.6 is 0 Å². The molecule has 0 unspecified atom stereocenters. The Morgan fingerprint density at radius 2 is 1.60 bits per heavy atom. The summed E-state index contributed by atoms with van der Waals surface area (Å²) < 4.78 is 0. The van der Waals surface area contributed by atoms with Gasteiger partial charge in [-0.05, 0) is 19.8 Å². The largest absolute Gasteiger partial charge is 0.480 e. The van der Waals surface area contributed by atoms with Gasteiger partial charge in [-0.15, -0.1) is 0 Å². The van der Waals surface area contributed by atoms with E-state index in [1.54, 1.807) is 4.90 Å². The summed E-state index contributed by atoms with van der Waals surface area (Å²) in [7, 11) is 0. The number of carbonyl (C=O) groups is 3. The Morgan fingerprint density at radius 1 is 1.13 bits per heavy atom. The molecule has 0 aromatic carbocycles. The molecule has 0 radical (unpaired) electrons. The van der Waals surface area contributed by atoms with E-state index in [2.05, 4.69) is 0 Å². The fourth-order valence-corrected chi connectivity index (χ4v) is 1.92. The predicted octanol–water partition coefficient (Wildman–Crippen LogP) is 0.289. The molecule has 1 aliphatic heterocycles. The van der Waals surface area contributed by atoms with E-state index >= 15 is 0 Å². The first kappa shape index (κ1) is 11.7. The van der Waals surface area contributed by atoms with Crippen molar-refractivity contribution in [3.63, 3.8) is 0 Å². The Balaban J connectivity index is 2.79. The molecule has 84 valence electrons. The molecule has 5 nitrogen and oxygen atoms in total. The van der Waals surface area contributed by atoms with Crippen LogP contribution in [0.2, 0.25) is 0 Å². The molecule has 1 N–H and O–H groups in total. The van der Waals surface area contributed by atoms with Crippen molar-refractivity contribution in [2.75, 3.05) is 13.1 Å². The van der Waals surface area contributed by atoms with Gasteiger partial charge in [0, 0.05) is 20.0 Å². The number of Topliss-reactive ketones (excluding diaryl/α,β-unsaturated/α-hetero) is 1. The van der Waals surface area contributed by atoms with Crippen molar-refractivity contribution >= 4 is 17.7 Å². The first-order valence-electron chi connectivity index (χ1n) is 4.90. The maximum absolute atomic E-state index is 11.4. The fraction of sp³-hybridized carbons (Fsp3) is 0.700. The smallest absolute Gasteiger partial charge is 0.317 e. The normalized spacial score (nSPS) is 19.7. The SMILES string of the molecule is CC(=O)N1CCC(C(C)=O)(C(=O)O)CC1. The van der Waals surface area contributed by atoms with Crippen LogP contribution in [0.3, 0.4) is 0 Å². The highest BCUT2D eigenvalue weighted by atomic mass is 16.4. The first-order valence-corrected chi connectivity index (χ1v) is 4.90. The summed E-state index contributed by atoms with van der Waals surface area (Å²) >= 11 is 0. The lowest BCUT2D eigenvalue weighted by atomic mass is 9.75. The number of hydrogen-bond donors (Lipinski definition) is 1. The summed E-state index contributed by atoms with van der Waals surface area (Å²) in [5.74, 6) is -1.46. The van der Waals surface area contributed by atoms with E-state index < -0.39 is 11.4 Å². The molecule has 1 rings (SSSR count). The van der Waals surface area contributed by atoms with E-state index in [1.165, 1.54) is 13.8 Å². The Kier molecular flexibility index (Phi) is 3.12. The van der Waals surface area contributed by atoms with Crippen molar-refractivity contribution in [2.24, 2.45) is 5.41 Å². The molecule has 0 bridgehead atoms. The van der Waals surface area contributed by atoms with Gasteiger partial charge in [0.05, 0.1) is 0 Å². The number of amides is 1. The molecule has 1 saturated heterocycles. The molecule has 1 aliphatic rings. The summed E-state index contributed by atoms with van der Waals surface area (Å²) in [6, 6.07) is 0. The number of ketones is 1. The van der Waals surface area contributed by atoms with E-state index in [1.807, 2.05) is 0 Å². The Morgan fingerprint density at radius 3 is 1.87 bits per heavy atom. The highest BCUT2D eigenvalue weighted by Gasteiger charge is 2.46. The molecule has 5 heteroatoms. The maximum atomic E-state index is 11.4. The van der Waals surface area contributed by atoms with E-state index in [-0.39, 0.29) is 24.5 Å². The number of carboxylic acids is 1. The Labute approximate surface area is 88.1 Å². The average molecular weight is 213 g/mol. The lowest BCUT2D eigenvalue weighted by Gasteiger charge is -2.36. The van der Waals surface area contributed by atoms with Crippen LogP contribution in [-0.2, 0) is 14.4 Å². The minimum Gasteiger partial charge on any atom is -0.480 e. The van der Waals surface area contributed by atoms with Gasteiger partial charge < -0.3 is 10.0 Å². The van der Waals surface area contributed by atoms with E-state index in [0.717, 1.165) is 0 Å². The monoisotopic (exact) mass is 213 g/mol. The molecule has 0 aliphatic carbocycles. The van der Waals surface area contributed by atoms with Crippen molar-refractivity contribution in [2.45, 2.75) is 26.7 Å². The standard InChI is InChI=1S/C10H15NO4/c1-7(12)10(9(14)15)3-5-11(6-4-10)8(2)13/h3-6H2,1-2H3,(H,14,15). The summed E-state index contributed by atoms with van der Waals surface area (Å²) in [6.45, 7) is 3.45. The van der Waals surface area contributed by atoms with Crippen LogP contribution in [0.1, 0.15) is 26.7 Å². The van der Waals surface area contributed by atoms with Crippen LogP contribution in [-0.4, -0.2) is 40.8 Å². The topological polar surface area (TPSA) is 74.7 Å². The van der Waals surface area contributed by atoms with Gasteiger partial charge in [-0.1, -0.05) is 0 Å². The van der Waals surface area contributed by atoms with Crippen LogP contribution in [0.4, 0.5) is 0 Å². The highest BCUT2D eigenvalue weighted by molar-refractivity contribution is 6.02. The quantitative estimate of drug-likeness (QED) is 0.669. The number of hydrogen-bond acceptors (Lipinski definition) is 3. The van der Waals surface area contributed by atoms with Gasteiger partial charge in [0.15, 0.2) is 0 Å². The van der Waals surface area contributed by atoms with Gasteiger partial charge in [0.25, 0.3) is 0 Å². The van der Waals surface area contributed by atoms with Crippen molar-refractivity contribution in [3.8, 4) is 0 Å². The third kappa shape index (κ3) is 2.00. The molecule has 1 amide bonds. The van der Waals surface area contributed by atoms with Crippen LogP contribution in [0, 0.1) is 5.41 Å². The van der Waals surface area contributed by atoms with Crippen molar-refractivity contribution in [1.29, 1.82) is 0 Å². The molecule has 1 fully saturated rings. The van der Waals surface area contributed by atoms with Gasteiger partial charge >= 0.3 is 5.97 Å². The molecule has 15 heavy (non-hydrogen) atoms. The van der Waals surface area contributed by atoms with Crippen molar-refractivity contribution in [1.82, 2.24) is 4.90 Å². The van der Waals surface area contributed by atoms with Gasteiger partial charge in [0.2, 0.25) is 5.91 Å². The van der Waals surface area contributed by atoms with E-state index in [4.69, 9.17) is 5.11 Å². The molecule has 0 aromatic rings. The number of carbonyl (C=O) groups excluding carboxylic acids is 2. The van der Waals surface area contributed by atoms with Crippen LogP contribution in [0.5, 0.6) is 0 Å². The van der Waals surface area contributed by atoms with Gasteiger partial charge in [-0.3, -0.25) is 14.4 Å². The van der Waals surface area contributed by atoms with E-state index in [0.29, 0.717) is 13.1 Å². The first-order chi connectivity index (χ1) is 6.90. The van der Waals surface area contributed by atoms with Crippen molar-refractivity contribution < 1.29 is 19.5 Å². The molecule has 1 heterocycles. The summed E-state index contributed by atoms with van der Waals surface area (Å²) in [6.07, 6.45) is 0.439. The molecule has 0 saturated carbocycles. The van der Waals surface area contributed by atoms with Crippen LogP contribution < -0.4 is 0 Å². The lowest BCUT2D eigenvalue weighted by molar-refractivity contribution is -0.159. The number of carboxylic acid groups (broad SMARTS) is 1. The average Bonchev–Trinajstić information content (AvgIpc) is 2.17. The predicted molar refractivity (Wildman–Crippen MR) is 52.2 cm³/mol. The number of likely N-dealkylation sites (tertiary alicyclic amines) is 1. The van der Waals surface area contributed by atoms with Crippen LogP contribution in [0.15, 0.2) is 0 Å². The second-order valence-corrected chi connectivity index (χ2v) is 3.95. The zero-order chi connectivity index (χ0) is 11.6. The third-order valence-electron chi connectivity index (χ3n) is 3.15. The zero-order valence-electron chi connectivity index (χ0n) is 8.95. The summed E-state index contributed by atoms with van der Waals surface area (Å²) in [5, 5.41) is 9.06. The third-order valence-corrected chi connectivity index (χ3v) is 3.15. The minimum atomic E-state index is -1.27. The molecule has 0 spiro atoms. The Bertz CT molecular complexity index is 287. The number of nitrogens with zero attached hydrogens (tertiary/aromatic N) is 1. The van der Waals surface area contributed by atoms with Gasteiger partial charge in [-0.25, -0.2) is 0 Å².